The third-order valence-corrected chi connectivity index (χ3v) is 3.98. The molecule has 0 heterocycles. The highest BCUT2D eigenvalue weighted by Gasteiger charge is 2.12. The summed E-state index contributed by atoms with van der Waals surface area (Å²) >= 11 is 0. The monoisotopic (exact) mass is 356 g/mol. The molecule has 0 aromatic heterocycles. The Kier molecular flexibility index (Phi) is 6.96. The van der Waals surface area contributed by atoms with Gasteiger partial charge >= 0.3 is 0 Å². The molecule has 2 rings (SSSR count). The Morgan fingerprint density at radius 2 is 1.96 bits per heavy atom. The Morgan fingerprint density at radius 3 is 2.65 bits per heavy atom. The maximum absolute atomic E-state index is 11.1. The number of hydrogen-bond donors (Lipinski definition) is 2. The maximum Gasteiger partial charge on any atom is 0.274 e. The number of nitro groups is 1. The number of benzene rings is 2. The largest absolute Gasteiger partial charge is 0.496 e. The number of para-hydroxylation sites is 1. The summed E-state index contributed by atoms with van der Waals surface area (Å²) in [5.74, 6) is 1.45. The molecule has 0 aliphatic rings. The molecule has 0 amide bonds. The summed E-state index contributed by atoms with van der Waals surface area (Å²) < 4.78 is 5.39. The minimum Gasteiger partial charge on any atom is -0.496 e. The number of methoxy groups -OCH3 is 1. The molecular weight excluding hydrogens is 332 g/mol. The Labute approximate surface area is 153 Å². The lowest BCUT2D eigenvalue weighted by Gasteiger charge is -2.13. The lowest BCUT2D eigenvalue weighted by Crippen LogP contribution is -2.38. The molecule has 0 spiro atoms. The summed E-state index contributed by atoms with van der Waals surface area (Å²) in [4.78, 5) is 14.9. The quantitative estimate of drug-likeness (QED) is 0.345. The second kappa shape index (κ2) is 9.41. The fourth-order valence-electron chi connectivity index (χ4n) is 2.66. The average molecular weight is 356 g/mol. The Balaban J connectivity index is 1.91. The van der Waals surface area contributed by atoms with Gasteiger partial charge in [-0.15, -0.1) is 0 Å². The van der Waals surface area contributed by atoms with Gasteiger partial charge in [-0.2, -0.15) is 0 Å². The van der Waals surface area contributed by atoms with Crippen LogP contribution >= 0.6 is 0 Å². The minimum absolute atomic E-state index is 0.0972. The van der Waals surface area contributed by atoms with Gasteiger partial charge in [0, 0.05) is 31.8 Å². The molecule has 2 N–H and O–H groups in total. The summed E-state index contributed by atoms with van der Waals surface area (Å²) in [6.45, 7) is 3.03. The number of nitrogens with zero attached hydrogens (tertiary/aromatic N) is 2. The molecule has 138 valence electrons. The molecule has 0 aliphatic heterocycles. The molecule has 26 heavy (non-hydrogen) atoms. The number of guanidine groups is 1. The standard InChI is InChI=1S/C19H24N4O3/c1-14-8-9-18(26-3)15(12-14)10-11-21-19(20-2)22-13-16-6-4-5-7-17(16)23(24)25/h4-9,12H,10-11,13H2,1-3H3,(H2,20,21,22). The van der Waals surface area contributed by atoms with E-state index in [0.29, 0.717) is 24.6 Å². The maximum atomic E-state index is 11.1. The lowest BCUT2D eigenvalue weighted by atomic mass is 10.1. The van der Waals surface area contributed by atoms with Gasteiger partial charge in [-0.1, -0.05) is 35.9 Å². The van der Waals surface area contributed by atoms with Gasteiger partial charge in [0.1, 0.15) is 5.75 Å². The first-order valence-corrected chi connectivity index (χ1v) is 8.35. The first-order valence-electron chi connectivity index (χ1n) is 8.35. The van der Waals surface area contributed by atoms with E-state index in [1.54, 1.807) is 32.4 Å². The van der Waals surface area contributed by atoms with E-state index < -0.39 is 0 Å². The predicted molar refractivity (Wildman–Crippen MR) is 103 cm³/mol. The van der Waals surface area contributed by atoms with Crippen molar-refractivity contribution in [2.75, 3.05) is 20.7 Å². The molecule has 7 nitrogen and oxygen atoms in total. The Bertz CT molecular complexity index is 790. The van der Waals surface area contributed by atoms with Gasteiger partial charge < -0.3 is 15.4 Å². The molecule has 0 atom stereocenters. The number of ether oxygens (including phenoxy) is 1. The van der Waals surface area contributed by atoms with Gasteiger partial charge in [0.15, 0.2) is 5.96 Å². The third kappa shape index (κ3) is 5.20. The van der Waals surface area contributed by atoms with Gasteiger partial charge in [-0.25, -0.2) is 0 Å². The minimum atomic E-state index is -0.378. The molecule has 0 fully saturated rings. The second-order valence-corrected chi connectivity index (χ2v) is 5.80. The van der Waals surface area contributed by atoms with Gasteiger partial charge in [-0.05, 0) is 25.0 Å². The topological polar surface area (TPSA) is 88.8 Å². The SMILES string of the molecule is CN=C(NCCc1cc(C)ccc1OC)NCc1ccccc1[N+](=O)[O-]. The first-order chi connectivity index (χ1) is 12.5. The van der Waals surface area contributed by atoms with Crippen molar-refractivity contribution in [2.45, 2.75) is 19.9 Å². The van der Waals surface area contributed by atoms with Crippen molar-refractivity contribution in [1.29, 1.82) is 0 Å². The van der Waals surface area contributed by atoms with E-state index in [0.717, 1.165) is 17.7 Å². The zero-order valence-electron chi connectivity index (χ0n) is 15.3. The number of nitrogens with one attached hydrogen (secondary N) is 2. The number of rotatable bonds is 7. The van der Waals surface area contributed by atoms with E-state index in [4.69, 9.17) is 4.74 Å². The highest BCUT2D eigenvalue weighted by Crippen LogP contribution is 2.20. The van der Waals surface area contributed by atoms with Crippen molar-refractivity contribution in [3.8, 4) is 5.75 Å². The summed E-state index contributed by atoms with van der Waals surface area (Å²) in [6.07, 6.45) is 0.775. The van der Waals surface area contributed by atoms with E-state index in [9.17, 15) is 10.1 Å². The third-order valence-electron chi connectivity index (χ3n) is 3.98. The van der Waals surface area contributed by atoms with Crippen LogP contribution in [-0.2, 0) is 13.0 Å². The van der Waals surface area contributed by atoms with Gasteiger partial charge in [0.05, 0.1) is 12.0 Å². The Hall–Kier alpha value is -3.09. The fourth-order valence-corrected chi connectivity index (χ4v) is 2.66. The van der Waals surface area contributed by atoms with Crippen LogP contribution in [0, 0.1) is 17.0 Å². The zero-order chi connectivity index (χ0) is 18.9. The van der Waals surface area contributed by atoms with Crippen LogP contribution in [0.1, 0.15) is 16.7 Å². The molecule has 0 unspecified atom stereocenters. The summed E-state index contributed by atoms with van der Waals surface area (Å²) in [5, 5.41) is 17.4. The number of nitro benzene ring substituents is 1. The molecule has 0 bridgehead atoms. The van der Waals surface area contributed by atoms with Crippen LogP contribution in [0.4, 0.5) is 5.69 Å². The normalized spacial score (nSPS) is 11.1. The number of hydrogen-bond acceptors (Lipinski definition) is 4. The fraction of sp³-hybridized carbons (Fsp3) is 0.316. The second-order valence-electron chi connectivity index (χ2n) is 5.80. The van der Waals surface area contributed by atoms with Crippen molar-refractivity contribution in [3.05, 3.63) is 69.3 Å². The zero-order valence-corrected chi connectivity index (χ0v) is 15.3. The molecule has 2 aromatic rings. The van der Waals surface area contributed by atoms with Gasteiger partial charge in [0.25, 0.3) is 5.69 Å². The highest BCUT2D eigenvalue weighted by atomic mass is 16.6. The Morgan fingerprint density at radius 1 is 1.19 bits per heavy atom. The van der Waals surface area contributed by atoms with E-state index >= 15 is 0 Å². The number of aliphatic imine (C=N–C) groups is 1. The van der Waals surface area contributed by atoms with Gasteiger partial charge in [-0.3, -0.25) is 15.1 Å². The van der Waals surface area contributed by atoms with Crippen LogP contribution in [0.3, 0.4) is 0 Å². The first kappa shape index (κ1) is 19.2. The van der Waals surface area contributed by atoms with Crippen LogP contribution in [0.15, 0.2) is 47.5 Å². The van der Waals surface area contributed by atoms with E-state index in [2.05, 4.69) is 21.7 Å². The molecule has 0 saturated carbocycles. The summed E-state index contributed by atoms with van der Waals surface area (Å²) in [5.41, 5.74) is 3.01. The summed E-state index contributed by atoms with van der Waals surface area (Å²) in [7, 11) is 3.33. The smallest absolute Gasteiger partial charge is 0.274 e. The van der Waals surface area contributed by atoms with E-state index in [1.807, 2.05) is 19.1 Å². The molecular formula is C19H24N4O3. The van der Waals surface area contributed by atoms with Crippen molar-refractivity contribution < 1.29 is 9.66 Å². The van der Waals surface area contributed by atoms with E-state index in [-0.39, 0.29) is 10.6 Å². The average Bonchev–Trinajstić information content (AvgIpc) is 2.64. The van der Waals surface area contributed by atoms with Crippen molar-refractivity contribution in [1.82, 2.24) is 10.6 Å². The molecule has 0 radical (unpaired) electrons. The lowest BCUT2D eigenvalue weighted by molar-refractivity contribution is -0.385. The van der Waals surface area contributed by atoms with Crippen LogP contribution in [0.25, 0.3) is 0 Å². The van der Waals surface area contributed by atoms with Crippen molar-refractivity contribution in [3.63, 3.8) is 0 Å². The van der Waals surface area contributed by atoms with Crippen molar-refractivity contribution >= 4 is 11.6 Å². The molecule has 7 heteroatoms. The molecule has 0 saturated heterocycles. The molecule has 2 aromatic carbocycles. The van der Waals surface area contributed by atoms with E-state index in [1.165, 1.54) is 11.6 Å². The highest BCUT2D eigenvalue weighted by molar-refractivity contribution is 5.79. The summed E-state index contributed by atoms with van der Waals surface area (Å²) in [6, 6.07) is 12.8. The van der Waals surface area contributed by atoms with Crippen LogP contribution in [0.5, 0.6) is 5.75 Å². The molecule has 0 aliphatic carbocycles. The number of aryl methyl sites for hydroxylation is 1. The van der Waals surface area contributed by atoms with Gasteiger partial charge in [0.2, 0.25) is 0 Å². The van der Waals surface area contributed by atoms with Crippen LogP contribution in [-0.4, -0.2) is 31.6 Å². The van der Waals surface area contributed by atoms with Crippen LogP contribution < -0.4 is 15.4 Å². The predicted octanol–water partition coefficient (Wildman–Crippen LogP) is 2.82. The van der Waals surface area contributed by atoms with Crippen LogP contribution in [0.2, 0.25) is 0 Å². The van der Waals surface area contributed by atoms with Crippen molar-refractivity contribution in [2.24, 2.45) is 4.99 Å².